The molecule has 0 radical (unpaired) electrons. The average molecular weight is 278 g/mol. The van der Waals surface area contributed by atoms with Gasteiger partial charge >= 0.3 is 17.8 Å². The van der Waals surface area contributed by atoms with E-state index in [0.717, 1.165) is 0 Å². The van der Waals surface area contributed by atoms with Crippen LogP contribution in [0, 0.1) is 0 Å². The highest BCUT2D eigenvalue weighted by atomic mass is 19.3. The second-order valence-corrected chi connectivity index (χ2v) is 3.20. The quantitative estimate of drug-likeness (QED) is 0.741. The van der Waals surface area contributed by atoms with Gasteiger partial charge in [0.05, 0.1) is 6.42 Å². The Morgan fingerprint density at radius 1 is 0.882 bits per heavy atom. The van der Waals surface area contributed by atoms with E-state index in [4.69, 9.17) is 5.11 Å². The molecular weight excluding hydrogens is 271 g/mol. The van der Waals surface area contributed by atoms with Crippen LogP contribution in [0.5, 0.6) is 0 Å². The first-order valence-electron chi connectivity index (χ1n) is 4.05. The number of aliphatic hydroxyl groups is 1. The van der Waals surface area contributed by atoms with Gasteiger partial charge in [-0.05, 0) is 0 Å². The number of hydrogen-bond donors (Lipinski definition) is 1. The maximum absolute atomic E-state index is 12.6. The molecular formula is C7H7F9O. The lowest BCUT2D eigenvalue weighted by Gasteiger charge is -2.31. The second-order valence-electron chi connectivity index (χ2n) is 3.20. The van der Waals surface area contributed by atoms with E-state index in [-0.39, 0.29) is 0 Å². The van der Waals surface area contributed by atoms with Gasteiger partial charge in [0.1, 0.15) is 6.61 Å². The number of hydrogen-bond acceptors (Lipinski definition) is 1. The van der Waals surface area contributed by atoms with Gasteiger partial charge in [0.2, 0.25) is 12.6 Å². The third kappa shape index (κ3) is 3.39. The van der Waals surface area contributed by atoms with Crippen LogP contribution in [0.2, 0.25) is 0 Å². The Bertz CT molecular complexity index is 252. The van der Waals surface area contributed by atoms with Crippen LogP contribution in [0.3, 0.4) is 0 Å². The average Bonchev–Trinajstić information content (AvgIpc) is 2.14. The minimum absolute atomic E-state index is 2.45. The number of alkyl halides is 9. The molecule has 17 heavy (non-hydrogen) atoms. The van der Waals surface area contributed by atoms with Crippen LogP contribution >= 0.6 is 0 Å². The molecule has 0 bridgehead atoms. The summed E-state index contributed by atoms with van der Waals surface area (Å²) in [6.07, 6.45) is -11.5. The van der Waals surface area contributed by atoms with Crippen LogP contribution in [-0.4, -0.2) is 42.1 Å². The topological polar surface area (TPSA) is 20.2 Å². The number of halogens is 9. The van der Waals surface area contributed by atoms with Gasteiger partial charge in [-0.2, -0.15) is 17.6 Å². The van der Waals surface area contributed by atoms with E-state index in [9.17, 15) is 39.5 Å². The molecule has 1 nitrogen and oxygen atoms in total. The summed E-state index contributed by atoms with van der Waals surface area (Å²) in [6, 6.07) is 0. The van der Waals surface area contributed by atoms with Crippen molar-refractivity contribution in [2.24, 2.45) is 0 Å². The van der Waals surface area contributed by atoms with Crippen LogP contribution in [-0.2, 0) is 0 Å². The minimum atomic E-state index is -6.02. The predicted octanol–water partition coefficient (Wildman–Crippen LogP) is 2.88. The molecule has 0 heterocycles. The third-order valence-corrected chi connectivity index (χ3v) is 1.80. The lowest BCUT2D eigenvalue weighted by atomic mass is 9.99. The summed E-state index contributed by atoms with van der Waals surface area (Å²) in [6.45, 7) is -2.45. The molecule has 1 N–H and O–H groups in total. The predicted molar refractivity (Wildman–Crippen MR) is 37.4 cm³/mol. The second kappa shape index (κ2) is 4.91. The van der Waals surface area contributed by atoms with Gasteiger partial charge < -0.3 is 5.11 Å². The number of aliphatic hydroxyl groups excluding tert-OH is 1. The first-order valence-corrected chi connectivity index (χ1v) is 4.05. The maximum atomic E-state index is 12.6. The van der Waals surface area contributed by atoms with Gasteiger partial charge in [0, 0.05) is 0 Å². The molecule has 0 saturated carbocycles. The summed E-state index contributed by atoms with van der Waals surface area (Å²) < 4.78 is 110. The Balaban J connectivity index is 5.11. The van der Waals surface area contributed by atoms with E-state index in [1.807, 2.05) is 0 Å². The molecule has 0 amide bonds. The van der Waals surface area contributed by atoms with Crippen molar-refractivity contribution in [2.75, 3.05) is 6.61 Å². The molecule has 0 aliphatic rings. The van der Waals surface area contributed by atoms with Crippen molar-refractivity contribution in [3.8, 4) is 0 Å². The Morgan fingerprint density at radius 2 is 1.29 bits per heavy atom. The molecule has 10 heteroatoms. The van der Waals surface area contributed by atoms with Crippen molar-refractivity contribution in [2.45, 2.75) is 36.8 Å². The summed E-state index contributed by atoms with van der Waals surface area (Å²) in [4.78, 5) is 0. The third-order valence-electron chi connectivity index (χ3n) is 1.80. The molecule has 0 aliphatic heterocycles. The normalized spacial score (nSPS) is 16.4. The standard InChI is InChI=1S/C7H7F9O/c8-3(9)1-6(13,14)7(15,16)4(10)5(11,12)2-17/h3-4,17H,1-2H2/t4-/m0/s1. The highest BCUT2D eigenvalue weighted by Gasteiger charge is 2.68. The fraction of sp³-hybridized carbons (Fsp3) is 1.00. The van der Waals surface area contributed by atoms with Gasteiger partial charge in [-0.3, -0.25) is 0 Å². The molecule has 0 aromatic rings. The number of rotatable bonds is 6. The van der Waals surface area contributed by atoms with Crippen molar-refractivity contribution in [3.05, 3.63) is 0 Å². The van der Waals surface area contributed by atoms with E-state index in [0.29, 0.717) is 0 Å². The summed E-state index contributed by atoms with van der Waals surface area (Å²) in [7, 11) is 0. The zero-order valence-electron chi connectivity index (χ0n) is 7.92. The van der Waals surface area contributed by atoms with Gasteiger partial charge in [0.25, 0.3) is 0 Å². The molecule has 1 atom stereocenters. The van der Waals surface area contributed by atoms with Gasteiger partial charge in [0.15, 0.2) is 0 Å². The summed E-state index contributed by atoms with van der Waals surface area (Å²) in [5, 5.41) is 7.86. The van der Waals surface area contributed by atoms with Crippen LogP contribution in [0.4, 0.5) is 39.5 Å². The highest BCUT2D eigenvalue weighted by molar-refractivity contribution is 4.97. The van der Waals surface area contributed by atoms with Crippen LogP contribution in [0.25, 0.3) is 0 Å². The van der Waals surface area contributed by atoms with Crippen molar-refractivity contribution >= 4 is 0 Å². The SMILES string of the molecule is OCC(F)(F)[C@H](F)C(F)(F)C(F)(F)CC(F)F. The molecule has 0 saturated heterocycles. The Kier molecular flexibility index (Phi) is 4.71. The summed E-state index contributed by atoms with van der Waals surface area (Å²) in [5.74, 6) is -16.8. The summed E-state index contributed by atoms with van der Waals surface area (Å²) >= 11 is 0. The van der Waals surface area contributed by atoms with E-state index in [1.54, 1.807) is 0 Å². The van der Waals surface area contributed by atoms with Gasteiger partial charge in [-0.15, -0.1) is 0 Å². The Morgan fingerprint density at radius 3 is 1.59 bits per heavy atom. The monoisotopic (exact) mass is 278 g/mol. The molecule has 0 aliphatic carbocycles. The lowest BCUT2D eigenvalue weighted by molar-refractivity contribution is -0.289. The van der Waals surface area contributed by atoms with E-state index < -0.39 is 43.4 Å². The minimum Gasteiger partial charge on any atom is -0.390 e. The molecule has 0 rings (SSSR count). The molecule has 104 valence electrons. The molecule has 0 spiro atoms. The first kappa shape index (κ1) is 16.3. The fourth-order valence-corrected chi connectivity index (χ4v) is 0.861. The van der Waals surface area contributed by atoms with Crippen molar-refractivity contribution < 1.29 is 44.6 Å². The van der Waals surface area contributed by atoms with Crippen molar-refractivity contribution in [3.63, 3.8) is 0 Å². The largest absolute Gasteiger partial charge is 0.390 e. The van der Waals surface area contributed by atoms with Crippen molar-refractivity contribution in [1.29, 1.82) is 0 Å². The van der Waals surface area contributed by atoms with E-state index >= 15 is 0 Å². The Hall–Kier alpha value is -0.670. The van der Waals surface area contributed by atoms with Crippen LogP contribution < -0.4 is 0 Å². The summed E-state index contributed by atoms with van der Waals surface area (Å²) in [5.41, 5.74) is 0. The van der Waals surface area contributed by atoms with E-state index in [2.05, 4.69) is 0 Å². The molecule has 0 aromatic carbocycles. The van der Waals surface area contributed by atoms with Gasteiger partial charge in [-0.1, -0.05) is 0 Å². The van der Waals surface area contributed by atoms with Crippen LogP contribution in [0.1, 0.15) is 6.42 Å². The zero-order chi connectivity index (χ0) is 14.1. The fourth-order valence-electron chi connectivity index (χ4n) is 0.861. The Labute approximate surface area is 89.2 Å². The molecule has 0 unspecified atom stereocenters. The zero-order valence-corrected chi connectivity index (χ0v) is 7.92. The van der Waals surface area contributed by atoms with Crippen molar-refractivity contribution in [1.82, 2.24) is 0 Å². The van der Waals surface area contributed by atoms with E-state index in [1.165, 1.54) is 0 Å². The molecule has 0 aromatic heterocycles. The highest BCUT2D eigenvalue weighted by Crippen LogP contribution is 2.46. The maximum Gasteiger partial charge on any atom is 0.346 e. The van der Waals surface area contributed by atoms with Crippen LogP contribution in [0.15, 0.2) is 0 Å². The van der Waals surface area contributed by atoms with Gasteiger partial charge in [-0.25, -0.2) is 22.0 Å². The molecule has 0 fully saturated rings. The smallest absolute Gasteiger partial charge is 0.346 e. The lowest BCUT2D eigenvalue weighted by Crippen LogP contribution is -2.56. The first-order chi connectivity index (χ1) is 7.38.